The molecule has 4 rings (SSSR count). The van der Waals surface area contributed by atoms with Gasteiger partial charge in [-0.2, -0.15) is 0 Å². The fourth-order valence-corrected chi connectivity index (χ4v) is 3.76. The molecule has 1 aromatic rings. The zero-order valence-electron chi connectivity index (χ0n) is 14.5. The number of carbonyl (C=O) groups is 2. The maximum Gasteiger partial charge on any atom is 0.277 e. The summed E-state index contributed by atoms with van der Waals surface area (Å²) in [5, 5.41) is 13.8. The van der Waals surface area contributed by atoms with E-state index < -0.39 is 10.8 Å². The Morgan fingerprint density at radius 3 is 2.89 bits per heavy atom. The van der Waals surface area contributed by atoms with Gasteiger partial charge in [0, 0.05) is 34.9 Å². The predicted molar refractivity (Wildman–Crippen MR) is 99.2 cm³/mol. The first-order chi connectivity index (χ1) is 13.0. The smallest absolute Gasteiger partial charge is 0.277 e. The van der Waals surface area contributed by atoms with Crippen LogP contribution in [0.2, 0.25) is 0 Å². The van der Waals surface area contributed by atoms with Gasteiger partial charge in [0.1, 0.15) is 0 Å². The van der Waals surface area contributed by atoms with Crippen molar-refractivity contribution in [3.8, 4) is 0 Å². The molecule has 1 aromatic carbocycles. The predicted octanol–water partition coefficient (Wildman–Crippen LogP) is 3.25. The number of rotatable bonds is 2. The number of amides is 2. The van der Waals surface area contributed by atoms with E-state index in [4.69, 9.17) is 0 Å². The Balaban J connectivity index is 1.61. The Morgan fingerprint density at radius 2 is 2.07 bits per heavy atom. The second-order valence-corrected chi connectivity index (χ2v) is 6.75. The average Bonchev–Trinajstić information content (AvgIpc) is 2.68. The fraction of sp³-hybridized carbons (Fsp3) is 0.250. The maximum atomic E-state index is 12.4. The van der Waals surface area contributed by atoms with Crippen LogP contribution >= 0.6 is 0 Å². The first kappa shape index (κ1) is 17.1. The molecule has 0 saturated carbocycles. The summed E-state index contributed by atoms with van der Waals surface area (Å²) in [7, 11) is 0. The molecule has 7 heteroatoms. The number of fused-ring (bicyclic) bond motifs is 2. The van der Waals surface area contributed by atoms with Crippen molar-refractivity contribution in [3.05, 3.63) is 75.0 Å². The summed E-state index contributed by atoms with van der Waals surface area (Å²) < 4.78 is 0. The number of nitro benzene ring substituents is 1. The minimum Gasteiger partial charge on any atom is -0.325 e. The third kappa shape index (κ3) is 3.23. The molecule has 7 nitrogen and oxygen atoms in total. The highest BCUT2D eigenvalue weighted by Crippen LogP contribution is 2.38. The van der Waals surface area contributed by atoms with Crippen molar-refractivity contribution in [1.29, 1.82) is 0 Å². The van der Waals surface area contributed by atoms with Gasteiger partial charge >= 0.3 is 0 Å². The van der Waals surface area contributed by atoms with Gasteiger partial charge in [-0.05, 0) is 49.5 Å². The van der Waals surface area contributed by atoms with Crippen molar-refractivity contribution in [2.75, 3.05) is 0 Å². The Kier molecular flexibility index (Phi) is 4.27. The lowest BCUT2D eigenvalue weighted by molar-refractivity contribution is -0.384. The second-order valence-electron chi connectivity index (χ2n) is 6.75. The van der Waals surface area contributed by atoms with Crippen LogP contribution < -0.4 is 5.32 Å². The molecule has 1 heterocycles. The summed E-state index contributed by atoms with van der Waals surface area (Å²) in [6, 6.07) is 5.47. The van der Waals surface area contributed by atoms with Gasteiger partial charge in [-0.1, -0.05) is 12.1 Å². The molecule has 0 saturated heterocycles. The van der Waals surface area contributed by atoms with Crippen LogP contribution in [0, 0.1) is 16.0 Å². The minimum absolute atomic E-state index is 0.0323. The van der Waals surface area contributed by atoms with Crippen LogP contribution in [0.4, 0.5) is 5.69 Å². The summed E-state index contributed by atoms with van der Waals surface area (Å²) in [5.41, 5.74) is 3.19. The number of hydrogen-bond acceptors (Lipinski definition) is 4. The largest absolute Gasteiger partial charge is 0.325 e. The number of hydrogen-bond donors (Lipinski definition) is 1. The molecule has 2 aliphatic carbocycles. The molecule has 3 aliphatic rings. The highest BCUT2D eigenvalue weighted by Gasteiger charge is 2.33. The molecule has 0 fully saturated rings. The first-order valence-electron chi connectivity index (χ1n) is 8.83. The second kappa shape index (κ2) is 6.75. The minimum atomic E-state index is -0.562. The molecule has 27 heavy (non-hydrogen) atoms. The molecule has 136 valence electrons. The number of nitrogens with one attached hydrogen (secondary N) is 1. The van der Waals surface area contributed by atoms with Crippen molar-refractivity contribution >= 4 is 23.2 Å². The lowest BCUT2D eigenvalue weighted by Crippen LogP contribution is -2.37. The SMILES string of the molecule is O=C1NC2=CC(=NC(=O)c3cccc([N+](=O)[O-])c3)C=CC2C2=C1CCCC2. The summed E-state index contributed by atoms with van der Waals surface area (Å²) in [5.74, 6) is -0.593. The number of nitrogens with zero attached hydrogens (tertiary/aromatic N) is 2. The van der Waals surface area contributed by atoms with Crippen LogP contribution in [0.3, 0.4) is 0 Å². The van der Waals surface area contributed by atoms with Gasteiger partial charge in [0.2, 0.25) is 0 Å². The van der Waals surface area contributed by atoms with Gasteiger partial charge in [-0.25, -0.2) is 4.99 Å². The van der Waals surface area contributed by atoms with Crippen molar-refractivity contribution in [2.45, 2.75) is 25.7 Å². The first-order valence-corrected chi connectivity index (χ1v) is 8.83. The van der Waals surface area contributed by atoms with E-state index in [9.17, 15) is 19.7 Å². The highest BCUT2D eigenvalue weighted by atomic mass is 16.6. The summed E-state index contributed by atoms with van der Waals surface area (Å²) in [6.45, 7) is 0. The van der Waals surface area contributed by atoms with E-state index in [1.54, 1.807) is 12.2 Å². The topological polar surface area (TPSA) is 102 Å². The molecule has 0 bridgehead atoms. The Hall–Kier alpha value is -3.35. The standard InChI is InChI=1S/C20H17N3O4/c24-19(12-4-3-5-14(10-12)23(26)27)21-13-8-9-16-15-6-1-2-7-17(15)20(25)22-18(16)11-13/h3-5,8-11,16H,1-2,6-7H2,(H,22,25). The van der Waals surface area contributed by atoms with Crippen LogP contribution in [-0.4, -0.2) is 22.4 Å². The van der Waals surface area contributed by atoms with Crippen molar-refractivity contribution in [2.24, 2.45) is 10.9 Å². The molecule has 0 radical (unpaired) electrons. The zero-order chi connectivity index (χ0) is 19.0. The number of carbonyl (C=O) groups excluding carboxylic acids is 2. The number of allylic oxidation sites excluding steroid dienone is 3. The van der Waals surface area contributed by atoms with Gasteiger partial charge in [0.05, 0.1) is 10.6 Å². The van der Waals surface area contributed by atoms with Crippen LogP contribution in [-0.2, 0) is 4.79 Å². The van der Waals surface area contributed by atoms with Crippen LogP contribution in [0.15, 0.2) is 64.3 Å². The third-order valence-corrected chi connectivity index (χ3v) is 5.05. The van der Waals surface area contributed by atoms with Crippen LogP contribution in [0.5, 0.6) is 0 Å². The Bertz CT molecular complexity index is 985. The van der Waals surface area contributed by atoms with Gasteiger partial charge < -0.3 is 5.32 Å². The highest BCUT2D eigenvalue weighted by molar-refractivity contribution is 6.14. The quantitative estimate of drug-likeness (QED) is 0.643. The number of non-ortho nitro benzene ring substituents is 1. The van der Waals surface area contributed by atoms with Crippen molar-refractivity contribution in [1.82, 2.24) is 5.32 Å². The molecule has 1 unspecified atom stereocenters. The van der Waals surface area contributed by atoms with E-state index in [0.717, 1.165) is 42.5 Å². The average molecular weight is 363 g/mol. The Labute approximate surface area is 155 Å². The molecule has 1 N–H and O–H groups in total. The van der Waals surface area contributed by atoms with Gasteiger partial charge in [0.15, 0.2) is 0 Å². The lowest BCUT2D eigenvalue weighted by Gasteiger charge is -2.33. The van der Waals surface area contributed by atoms with E-state index in [0.29, 0.717) is 5.71 Å². The third-order valence-electron chi connectivity index (χ3n) is 5.05. The monoisotopic (exact) mass is 363 g/mol. The van der Waals surface area contributed by atoms with Crippen LogP contribution in [0.25, 0.3) is 0 Å². The zero-order valence-corrected chi connectivity index (χ0v) is 14.5. The number of nitro groups is 1. The number of aliphatic imine (C=N–C) groups is 1. The molecule has 2 amide bonds. The summed E-state index contributed by atoms with van der Waals surface area (Å²) in [4.78, 5) is 39.1. The van der Waals surface area contributed by atoms with Gasteiger partial charge in [0.25, 0.3) is 17.5 Å². The fourth-order valence-electron chi connectivity index (χ4n) is 3.76. The van der Waals surface area contributed by atoms with Gasteiger partial charge in [-0.15, -0.1) is 0 Å². The normalized spacial score (nSPS) is 22.7. The molecule has 0 aromatic heterocycles. The van der Waals surface area contributed by atoms with E-state index in [1.165, 1.54) is 24.3 Å². The Morgan fingerprint density at radius 1 is 1.26 bits per heavy atom. The van der Waals surface area contributed by atoms with E-state index in [2.05, 4.69) is 10.3 Å². The molecular weight excluding hydrogens is 346 g/mol. The molecular formula is C20H17N3O4. The van der Waals surface area contributed by atoms with Crippen molar-refractivity contribution < 1.29 is 14.5 Å². The van der Waals surface area contributed by atoms with E-state index in [1.807, 2.05) is 6.08 Å². The van der Waals surface area contributed by atoms with E-state index in [-0.39, 0.29) is 23.1 Å². The molecule has 0 spiro atoms. The van der Waals surface area contributed by atoms with Crippen LogP contribution in [0.1, 0.15) is 36.0 Å². The summed E-state index contributed by atoms with van der Waals surface area (Å²) >= 11 is 0. The molecule has 1 atom stereocenters. The maximum absolute atomic E-state index is 12.4. The molecule has 1 aliphatic heterocycles. The summed E-state index contributed by atoms with van der Waals surface area (Å²) in [6.07, 6.45) is 9.26. The van der Waals surface area contributed by atoms with Crippen molar-refractivity contribution in [3.63, 3.8) is 0 Å². The number of benzene rings is 1. The van der Waals surface area contributed by atoms with Gasteiger partial charge in [-0.3, -0.25) is 19.7 Å². The lowest BCUT2D eigenvalue weighted by atomic mass is 9.77. The van der Waals surface area contributed by atoms with E-state index >= 15 is 0 Å².